The Morgan fingerprint density at radius 2 is 2.19 bits per heavy atom. The van der Waals surface area contributed by atoms with Gasteiger partial charge in [-0.25, -0.2) is 13.1 Å². The largest absolute Gasteiger partial charge is 0.480 e. The van der Waals surface area contributed by atoms with Gasteiger partial charge in [0, 0.05) is 0 Å². The zero-order valence-corrected chi connectivity index (χ0v) is 10.8. The molecule has 1 rings (SSSR count). The van der Waals surface area contributed by atoms with E-state index in [-0.39, 0.29) is 5.25 Å². The van der Waals surface area contributed by atoms with Crippen molar-refractivity contribution in [1.29, 1.82) is 0 Å². The Labute approximate surface area is 100 Å². The first-order valence-electron chi connectivity index (χ1n) is 5.29. The van der Waals surface area contributed by atoms with Crippen LogP contribution in [0.4, 0.5) is 0 Å². The first-order valence-corrected chi connectivity index (χ1v) is 7.99. The molecule has 1 aliphatic carbocycles. The highest BCUT2D eigenvalue weighted by atomic mass is 32.2. The Morgan fingerprint density at radius 1 is 1.56 bits per heavy atom. The lowest BCUT2D eigenvalue weighted by Crippen LogP contribution is -2.42. The number of rotatable bonds is 8. The molecule has 0 amide bonds. The van der Waals surface area contributed by atoms with Gasteiger partial charge in [0.15, 0.2) is 0 Å². The summed E-state index contributed by atoms with van der Waals surface area (Å²) >= 11 is 1.61. The second-order valence-corrected chi connectivity index (χ2v) is 7.12. The summed E-state index contributed by atoms with van der Waals surface area (Å²) in [7, 11) is -3.41. The van der Waals surface area contributed by atoms with Crippen LogP contribution >= 0.6 is 11.8 Å². The Bertz CT molecular complexity index is 337. The van der Waals surface area contributed by atoms with E-state index in [1.54, 1.807) is 11.8 Å². The minimum absolute atomic E-state index is 0.333. The monoisotopic (exact) mass is 267 g/mol. The fraction of sp³-hybridized carbons (Fsp3) is 0.889. The van der Waals surface area contributed by atoms with E-state index in [0.717, 1.165) is 5.75 Å². The van der Waals surface area contributed by atoms with Crippen molar-refractivity contribution in [3.8, 4) is 0 Å². The standard InChI is InChI=1S/C9H17NO4S2/c1-2-15-6-5-8(9(11)12)10-16(13,14)7-3-4-7/h7-8,10H,2-6H2,1H3,(H,11,12). The second-order valence-electron chi connectivity index (χ2n) is 3.74. The molecule has 7 heteroatoms. The van der Waals surface area contributed by atoms with Crippen LogP contribution in [-0.4, -0.2) is 42.3 Å². The van der Waals surface area contributed by atoms with Gasteiger partial charge in [0.25, 0.3) is 0 Å². The average Bonchev–Trinajstić information content (AvgIpc) is 2.99. The molecule has 0 bridgehead atoms. The van der Waals surface area contributed by atoms with Crippen LogP contribution < -0.4 is 4.72 Å². The molecule has 0 radical (unpaired) electrons. The zero-order valence-electron chi connectivity index (χ0n) is 9.18. The maximum atomic E-state index is 11.6. The van der Waals surface area contributed by atoms with Crippen LogP contribution in [0, 0.1) is 0 Å². The molecule has 0 aromatic carbocycles. The second kappa shape index (κ2) is 5.88. The lowest BCUT2D eigenvalue weighted by Gasteiger charge is -2.13. The number of sulfonamides is 1. The number of carbonyl (C=O) groups is 1. The predicted molar refractivity (Wildman–Crippen MR) is 64.1 cm³/mol. The molecular formula is C9H17NO4S2. The van der Waals surface area contributed by atoms with Gasteiger partial charge in [-0.3, -0.25) is 4.79 Å². The number of aliphatic carboxylic acids is 1. The van der Waals surface area contributed by atoms with Gasteiger partial charge >= 0.3 is 5.97 Å². The Hall–Kier alpha value is -0.270. The van der Waals surface area contributed by atoms with E-state index >= 15 is 0 Å². The molecule has 0 aromatic rings. The lowest BCUT2D eigenvalue weighted by atomic mass is 10.2. The summed E-state index contributed by atoms with van der Waals surface area (Å²) < 4.78 is 25.4. The van der Waals surface area contributed by atoms with Crippen molar-refractivity contribution in [3.05, 3.63) is 0 Å². The molecule has 2 N–H and O–H groups in total. The van der Waals surface area contributed by atoms with Gasteiger partial charge in [0.1, 0.15) is 6.04 Å². The molecule has 0 heterocycles. The first-order chi connectivity index (χ1) is 7.47. The fourth-order valence-electron chi connectivity index (χ4n) is 1.25. The number of carboxylic acid groups (broad SMARTS) is 1. The van der Waals surface area contributed by atoms with Gasteiger partial charge in [-0.05, 0) is 30.8 Å². The molecule has 1 saturated carbocycles. The van der Waals surface area contributed by atoms with Gasteiger partial charge in [-0.1, -0.05) is 6.92 Å². The average molecular weight is 267 g/mol. The van der Waals surface area contributed by atoms with Gasteiger partial charge in [-0.15, -0.1) is 0 Å². The Kier molecular flexibility index (Phi) is 5.07. The highest BCUT2D eigenvalue weighted by Gasteiger charge is 2.38. The highest BCUT2D eigenvalue weighted by molar-refractivity contribution is 7.99. The van der Waals surface area contributed by atoms with Crippen LogP contribution in [0.3, 0.4) is 0 Å². The number of carboxylic acids is 1. The van der Waals surface area contributed by atoms with E-state index in [2.05, 4.69) is 4.72 Å². The minimum Gasteiger partial charge on any atom is -0.480 e. The summed E-state index contributed by atoms with van der Waals surface area (Å²) in [4.78, 5) is 10.9. The quantitative estimate of drug-likeness (QED) is 0.631. The number of hydrogen-bond donors (Lipinski definition) is 2. The zero-order chi connectivity index (χ0) is 12.2. The molecule has 16 heavy (non-hydrogen) atoms. The van der Waals surface area contributed by atoms with Crippen LogP contribution in [0.1, 0.15) is 26.2 Å². The van der Waals surface area contributed by atoms with Crippen LogP contribution in [-0.2, 0) is 14.8 Å². The summed E-state index contributed by atoms with van der Waals surface area (Å²) in [6.07, 6.45) is 1.62. The predicted octanol–water partition coefficient (Wildman–Crippen LogP) is 0.665. The molecule has 0 spiro atoms. The van der Waals surface area contributed by atoms with E-state index < -0.39 is 22.0 Å². The molecule has 94 valence electrons. The van der Waals surface area contributed by atoms with Crippen LogP contribution in [0.15, 0.2) is 0 Å². The number of nitrogens with one attached hydrogen (secondary N) is 1. The first kappa shape index (κ1) is 13.8. The van der Waals surface area contributed by atoms with E-state index in [1.165, 1.54) is 0 Å². The van der Waals surface area contributed by atoms with Gasteiger partial charge in [-0.2, -0.15) is 11.8 Å². The van der Waals surface area contributed by atoms with Crippen molar-refractivity contribution in [2.45, 2.75) is 37.5 Å². The SMILES string of the molecule is CCSCCC(NS(=O)(=O)C1CC1)C(=O)O. The third kappa shape index (κ3) is 4.31. The van der Waals surface area contributed by atoms with Crippen molar-refractivity contribution in [1.82, 2.24) is 4.72 Å². The molecule has 0 aliphatic heterocycles. The van der Waals surface area contributed by atoms with Crippen molar-refractivity contribution in [3.63, 3.8) is 0 Å². The van der Waals surface area contributed by atoms with E-state index in [9.17, 15) is 13.2 Å². The smallest absolute Gasteiger partial charge is 0.321 e. The third-order valence-corrected chi connectivity index (χ3v) is 5.22. The van der Waals surface area contributed by atoms with E-state index in [0.29, 0.717) is 25.0 Å². The van der Waals surface area contributed by atoms with Gasteiger partial charge < -0.3 is 5.11 Å². The fourth-order valence-corrected chi connectivity index (χ4v) is 3.51. The molecular weight excluding hydrogens is 250 g/mol. The van der Waals surface area contributed by atoms with Crippen molar-refractivity contribution >= 4 is 27.8 Å². The summed E-state index contributed by atoms with van der Waals surface area (Å²) in [6.45, 7) is 1.98. The Balaban J connectivity index is 2.47. The number of hydrogen-bond acceptors (Lipinski definition) is 4. The van der Waals surface area contributed by atoms with Gasteiger partial charge in [0.05, 0.1) is 5.25 Å². The number of thioether (sulfide) groups is 1. The molecule has 0 saturated heterocycles. The van der Waals surface area contributed by atoms with Crippen LogP contribution in [0.2, 0.25) is 0 Å². The topological polar surface area (TPSA) is 83.5 Å². The molecule has 5 nitrogen and oxygen atoms in total. The molecule has 1 atom stereocenters. The molecule has 1 unspecified atom stereocenters. The lowest BCUT2D eigenvalue weighted by molar-refractivity contribution is -0.139. The van der Waals surface area contributed by atoms with Crippen molar-refractivity contribution < 1.29 is 18.3 Å². The highest BCUT2D eigenvalue weighted by Crippen LogP contribution is 2.27. The van der Waals surface area contributed by atoms with E-state index in [1.807, 2.05) is 6.92 Å². The van der Waals surface area contributed by atoms with Crippen molar-refractivity contribution in [2.24, 2.45) is 0 Å². The molecule has 1 fully saturated rings. The Morgan fingerprint density at radius 3 is 2.62 bits per heavy atom. The summed E-state index contributed by atoms with van der Waals surface area (Å²) in [5, 5.41) is 8.53. The summed E-state index contributed by atoms with van der Waals surface area (Å²) in [5.74, 6) is 0.462. The van der Waals surface area contributed by atoms with Crippen LogP contribution in [0.5, 0.6) is 0 Å². The summed E-state index contributed by atoms with van der Waals surface area (Å²) in [6, 6.07) is -0.982. The summed E-state index contributed by atoms with van der Waals surface area (Å²) in [5.41, 5.74) is 0. The third-order valence-electron chi connectivity index (χ3n) is 2.32. The minimum atomic E-state index is -3.41. The maximum absolute atomic E-state index is 11.6. The maximum Gasteiger partial charge on any atom is 0.321 e. The van der Waals surface area contributed by atoms with E-state index in [4.69, 9.17) is 5.11 Å². The molecule has 0 aromatic heterocycles. The van der Waals surface area contributed by atoms with Crippen molar-refractivity contribution in [2.75, 3.05) is 11.5 Å². The normalized spacial score (nSPS) is 18.3. The van der Waals surface area contributed by atoms with Crippen LogP contribution in [0.25, 0.3) is 0 Å². The molecule has 1 aliphatic rings. The van der Waals surface area contributed by atoms with Gasteiger partial charge in [0.2, 0.25) is 10.0 Å².